The topological polar surface area (TPSA) is 109 Å². The lowest BCUT2D eigenvalue weighted by molar-refractivity contribution is -0.116. The van der Waals surface area contributed by atoms with Gasteiger partial charge in [-0.05, 0) is 12.1 Å². The number of morpholine rings is 1. The predicted octanol–water partition coefficient (Wildman–Crippen LogP) is 2.45. The van der Waals surface area contributed by atoms with Crippen LogP contribution >= 0.6 is 11.3 Å². The molecule has 1 aromatic heterocycles. The van der Waals surface area contributed by atoms with Crippen molar-refractivity contribution in [2.24, 2.45) is 0 Å². The Morgan fingerprint density at radius 3 is 2.21 bits per heavy atom. The van der Waals surface area contributed by atoms with Gasteiger partial charge in [-0.25, -0.2) is 4.98 Å². The molecular weight excluding hydrogens is 456 g/mol. The number of rotatable bonds is 6. The zero-order chi connectivity index (χ0) is 23.7. The summed E-state index contributed by atoms with van der Waals surface area (Å²) in [6.07, 6.45) is 0. The molecule has 2 aliphatic heterocycles. The van der Waals surface area contributed by atoms with Gasteiger partial charge in [0.05, 0.1) is 24.3 Å². The summed E-state index contributed by atoms with van der Waals surface area (Å²) in [5.41, 5.74) is 1.00. The molecule has 2 aromatic carbocycles. The molecule has 0 bridgehead atoms. The number of nitrogens with zero attached hydrogens (tertiary/aromatic N) is 3. The fraction of sp³-hybridized carbons (Fsp3) is 0.208. The van der Waals surface area contributed by atoms with Crippen molar-refractivity contribution in [1.82, 2.24) is 9.88 Å². The number of carbonyl (C=O) groups excluding carboxylic acids is 4. The lowest BCUT2D eigenvalue weighted by Gasteiger charge is -2.25. The molecule has 3 amide bonds. The summed E-state index contributed by atoms with van der Waals surface area (Å²) in [6, 6.07) is 15.2. The molecule has 0 atom stereocenters. The number of nitrogens with one attached hydrogen (secondary N) is 1. The predicted molar refractivity (Wildman–Crippen MR) is 125 cm³/mol. The number of ether oxygens (including phenoxy) is 1. The molecular formula is C24H20N4O5S. The van der Waals surface area contributed by atoms with Crippen molar-refractivity contribution in [2.75, 3.05) is 43.1 Å². The van der Waals surface area contributed by atoms with Crippen LogP contribution in [-0.4, -0.2) is 66.2 Å². The summed E-state index contributed by atoms with van der Waals surface area (Å²) in [5, 5.41) is 3.25. The van der Waals surface area contributed by atoms with Gasteiger partial charge >= 0.3 is 0 Å². The van der Waals surface area contributed by atoms with Crippen LogP contribution in [0.15, 0.2) is 54.6 Å². The molecule has 172 valence electrons. The number of thiazole rings is 1. The van der Waals surface area contributed by atoms with Gasteiger partial charge in [-0.1, -0.05) is 53.8 Å². The van der Waals surface area contributed by atoms with Gasteiger partial charge in [0, 0.05) is 18.7 Å². The quantitative estimate of drug-likeness (QED) is 0.430. The number of carbonyl (C=O) groups is 4. The minimum absolute atomic E-state index is 0.113. The third kappa shape index (κ3) is 4.09. The first-order valence-corrected chi connectivity index (χ1v) is 11.5. The largest absolute Gasteiger partial charge is 0.378 e. The van der Waals surface area contributed by atoms with E-state index in [1.165, 1.54) is 11.3 Å². The highest BCUT2D eigenvalue weighted by atomic mass is 32.1. The summed E-state index contributed by atoms with van der Waals surface area (Å²) in [5.74, 6) is -1.82. The minimum atomic E-state index is -0.615. The lowest BCUT2D eigenvalue weighted by atomic mass is 10.1. The zero-order valence-electron chi connectivity index (χ0n) is 18.0. The second-order valence-corrected chi connectivity index (χ2v) is 8.74. The Morgan fingerprint density at radius 2 is 1.56 bits per heavy atom. The van der Waals surface area contributed by atoms with Gasteiger partial charge in [0.25, 0.3) is 11.8 Å². The van der Waals surface area contributed by atoms with E-state index < -0.39 is 24.3 Å². The Kier molecular flexibility index (Phi) is 5.91. The van der Waals surface area contributed by atoms with E-state index in [0.717, 1.165) is 4.90 Å². The van der Waals surface area contributed by atoms with Crippen molar-refractivity contribution in [1.29, 1.82) is 0 Å². The van der Waals surface area contributed by atoms with Crippen LogP contribution in [0, 0.1) is 0 Å². The van der Waals surface area contributed by atoms with Gasteiger partial charge in [0.1, 0.15) is 11.4 Å². The molecule has 0 spiro atoms. The van der Waals surface area contributed by atoms with Gasteiger partial charge in [0.2, 0.25) is 11.7 Å². The van der Waals surface area contributed by atoms with E-state index in [-0.39, 0.29) is 27.6 Å². The maximum atomic E-state index is 13.2. The van der Waals surface area contributed by atoms with E-state index in [1.54, 1.807) is 48.5 Å². The third-order valence-corrected chi connectivity index (χ3v) is 6.69. The number of aromatic nitrogens is 1. The Labute approximate surface area is 199 Å². The highest BCUT2D eigenvalue weighted by Gasteiger charge is 2.36. The minimum Gasteiger partial charge on any atom is -0.378 e. The number of hydrogen-bond acceptors (Lipinski definition) is 8. The molecule has 1 saturated heterocycles. The van der Waals surface area contributed by atoms with Crippen LogP contribution in [0.3, 0.4) is 0 Å². The zero-order valence-corrected chi connectivity index (χ0v) is 18.8. The van der Waals surface area contributed by atoms with E-state index in [2.05, 4.69) is 10.3 Å². The van der Waals surface area contributed by atoms with Gasteiger partial charge < -0.3 is 15.0 Å². The van der Waals surface area contributed by atoms with E-state index in [1.807, 2.05) is 11.0 Å². The van der Waals surface area contributed by atoms with Crippen LogP contribution in [0.1, 0.15) is 36.0 Å². The average Bonchev–Trinajstić information content (AvgIpc) is 3.40. The van der Waals surface area contributed by atoms with E-state index in [4.69, 9.17) is 4.74 Å². The van der Waals surface area contributed by atoms with Crippen LogP contribution in [-0.2, 0) is 9.53 Å². The number of amides is 3. The van der Waals surface area contributed by atoms with Crippen molar-refractivity contribution in [3.8, 4) is 0 Å². The summed E-state index contributed by atoms with van der Waals surface area (Å²) in [4.78, 5) is 59.0. The SMILES string of the molecule is O=C(CN1C(=O)c2ccccc2C1=O)Nc1nc(N2CCOCC2)sc1C(=O)c1ccccc1. The number of hydrogen-bond donors (Lipinski definition) is 1. The van der Waals surface area contributed by atoms with E-state index >= 15 is 0 Å². The third-order valence-electron chi connectivity index (χ3n) is 5.58. The van der Waals surface area contributed by atoms with Crippen molar-refractivity contribution in [3.63, 3.8) is 0 Å². The maximum absolute atomic E-state index is 13.2. The first kappa shape index (κ1) is 21.9. The van der Waals surface area contributed by atoms with Gasteiger partial charge in [0.15, 0.2) is 10.9 Å². The van der Waals surface area contributed by atoms with Crippen molar-refractivity contribution < 1.29 is 23.9 Å². The number of anilines is 2. The first-order chi connectivity index (χ1) is 16.5. The van der Waals surface area contributed by atoms with E-state index in [0.29, 0.717) is 37.0 Å². The molecule has 1 N–H and O–H groups in total. The number of ketones is 1. The van der Waals surface area contributed by atoms with Crippen LogP contribution in [0.25, 0.3) is 0 Å². The maximum Gasteiger partial charge on any atom is 0.262 e. The highest BCUT2D eigenvalue weighted by molar-refractivity contribution is 7.18. The Morgan fingerprint density at radius 1 is 0.941 bits per heavy atom. The molecule has 0 unspecified atom stereocenters. The van der Waals surface area contributed by atoms with Gasteiger partial charge in [-0.3, -0.25) is 24.1 Å². The second-order valence-electron chi connectivity index (χ2n) is 7.76. The van der Waals surface area contributed by atoms with Gasteiger partial charge in [-0.2, -0.15) is 0 Å². The number of benzene rings is 2. The number of fused-ring (bicyclic) bond motifs is 1. The van der Waals surface area contributed by atoms with Crippen molar-refractivity contribution in [3.05, 3.63) is 76.2 Å². The molecule has 2 aliphatic rings. The molecule has 1 fully saturated rings. The molecule has 5 rings (SSSR count). The van der Waals surface area contributed by atoms with Crippen LogP contribution in [0.4, 0.5) is 10.9 Å². The summed E-state index contributed by atoms with van der Waals surface area (Å²) in [7, 11) is 0. The van der Waals surface area contributed by atoms with Crippen LogP contribution in [0.2, 0.25) is 0 Å². The fourth-order valence-corrected chi connectivity index (χ4v) is 4.89. The second kappa shape index (κ2) is 9.16. The van der Waals surface area contributed by atoms with Crippen LogP contribution < -0.4 is 10.2 Å². The first-order valence-electron chi connectivity index (χ1n) is 10.7. The number of imide groups is 1. The Hall–Kier alpha value is -3.89. The normalized spacial score (nSPS) is 15.4. The Bertz CT molecular complexity index is 1250. The standard InChI is InChI=1S/C24H20N4O5S/c29-18(14-28-22(31)16-8-4-5-9-17(16)23(28)32)25-21-20(19(30)15-6-2-1-3-7-15)34-24(26-21)27-10-12-33-13-11-27/h1-9H,10-14H2,(H,25,29). The molecule has 3 aromatic rings. The lowest BCUT2D eigenvalue weighted by Crippen LogP contribution is -2.37. The highest BCUT2D eigenvalue weighted by Crippen LogP contribution is 2.32. The van der Waals surface area contributed by atoms with Gasteiger partial charge in [-0.15, -0.1) is 0 Å². The molecule has 3 heterocycles. The molecule has 9 nitrogen and oxygen atoms in total. The summed E-state index contributed by atoms with van der Waals surface area (Å²) >= 11 is 1.19. The Balaban J connectivity index is 1.39. The fourth-order valence-electron chi connectivity index (χ4n) is 3.86. The monoisotopic (exact) mass is 476 g/mol. The smallest absolute Gasteiger partial charge is 0.262 e. The molecule has 0 radical (unpaired) electrons. The molecule has 0 aliphatic carbocycles. The molecule has 10 heteroatoms. The summed E-state index contributed by atoms with van der Waals surface area (Å²) in [6.45, 7) is 1.85. The molecule has 34 heavy (non-hydrogen) atoms. The van der Waals surface area contributed by atoms with Crippen molar-refractivity contribution in [2.45, 2.75) is 0 Å². The van der Waals surface area contributed by atoms with E-state index in [9.17, 15) is 19.2 Å². The summed E-state index contributed by atoms with van der Waals surface area (Å²) < 4.78 is 5.39. The average molecular weight is 477 g/mol. The van der Waals surface area contributed by atoms with Crippen LogP contribution in [0.5, 0.6) is 0 Å². The van der Waals surface area contributed by atoms with Crippen molar-refractivity contribution >= 4 is 45.8 Å². The molecule has 0 saturated carbocycles.